The first-order chi connectivity index (χ1) is 8.75. The maximum atomic E-state index is 11.7. The zero-order valence-corrected chi connectivity index (χ0v) is 13.9. The molecule has 0 aliphatic rings. The van der Waals surface area contributed by atoms with Crippen LogP contribution in [-0.4, -0.2) is 10.2 Å². The van der Waals surface area contributed by atoms with Crippen molar-refractivity contribution in [1.29, 1.82) is 0 Å². The first-order valence-corrected chi connectivity index (χ1v) is 6.58. The lowest BCUT2D eigenvalue weighted by Gasteiger charge is -2.19. The van der Waals surface area contributed by atoms with E-state index in [0.717, 1.165) is 10.5 Å². The molecule has 0 unspecified atom stereocenters. The molecule has 0 saturated carbocycles. The third-order valence-electron chi connectivity index (χ3n) is 2.48. The van der Waals surface area contributed by atoms with E-state index in [-0.39, 0.29) is 37.1 Å². The van der Waals surface area contributed by atoms with Crippen LogP contribution < -0.4 is 0 Å². The van der Waals surface area contributed by atoms with Crippen LogP contribution in [0.4, 0.5) is 18.8 Å². The largest absolute Gasteiger partial charge is 0.278 e. The van der Waals surface area contributed by atoms with Crippen molar-refractivity contribution in [2.24, 2.45) is 0 Å². The van der Waals surface area contributed by atoms with E-state index in [2.05, 4.69) is 0 Å². The van der Waals surface area contributed by atoms with Gasteiger partial charge in [-0.2, -0.15) is 0 Å². The zero-order valence-electron chi connectivity index (χ0n) is 12.3. The summed E-state index contributed by atoms with van der Waals surface area (Å²) in [6, 6.07) is 19.9. The van der Waals surface area contributed by atoms with Crippen molar-refractivity contribution in [1.82, 2.24) is 4.31 Å². The van der Waals surface area contributed by atoms with Gasteiger partial charge in [-0.1, -0.05) is 48.5 Å². The van der Waals surface area contributed by atoms with E-state index < -0.39 is 0 Å². The summed E-state index contributed by atoms with van der Waals surface area (Å²) in [5.41, 5.74) is 1.14. The van der Waals surface area contributed by atoms with Crippen LogP contribution in [-0.2, 0) is 11.3 Å². The van der Waals surface area contributed by atoms with Gasteiger partial charge in [0.1, 0.15) is 0 Å². The van der Waals surface area contributed by atoms with Crippen LogP contribution in [0.3, 0.4) is 0 Å². The molecule has 2 rings (SSSR count). The van der Waals surface area contributed by atoms with Gasteiger partial charge in [0.05, 0.1) is 6.54 Å². The van der Waals surface area contributed by atoms with Gasteiger partial charge in [0.2, 0.25) is 5.91 Å². The van der Waals surface area contributed by atoms with Crippen LogP contribution in [0.1, 0.15) is 12.5 Å². The Labute approximate surface area is 143 Å². The van der Waals surface area contributed by atoms with Gasteiger partial charge in [0, 0.05) is 11.8 Å². The smallest absolute Gasteiger partial charge is 0.229 e. The van der Waals surface area contributed by atoms with Gasteiger partial charge in [-0.3, -0.25) is 27.9 Å². The Bertz CT molecular complexity index is 478. The number of benzene rings is 2. The lowest BCUT2D eigenvalue weighted by atomic mass is 10.2. The van der Waals surface area contributed by atoms with Crippen LogP contribution in [0.2, 0.25) is 0 Å². The van der Waals surface area contributed by atoms with E-state index in [1.54, 1.807) is 11.2 Å². The second kappa shape index (κ2) is 15.2. The van der Waals surface area contributed by atoms with Crippen LogP contribution in [0.25, 0.3) is 0 Å². The molecule has 0 saturated heterocycles. The van der Waals surface area contributed by atoms with E-state index in [1.165, 1.54) is 11.9 Å². The Hall–Kier alpha value is -1.73. The van der Waals surface area contributed by atoms with Gasteiger partial charge in [-0.15, -0.1) is 12.4 Å². The van der Waals surface area contributed by atoms with Crippen LogP contribution in [0.15, 0.2) is 65.6 Å². The number of hydrogen-bond acceptors (Lipinski definition) is 2. The number of nitrogens with zero attached hydrogens (tertiary/aromatic N) is 1. The molecule has 0 heterocycles. The lowest BCUT2D eigenvalue weighted by Crippen LogP contribution is -2.20. The van der Waals surface area contributed by atoms with E-state index in [0.29, 0.717) is 6.54 Å². The molecule has 2 aromatic carbocycles. The van der Waals surface area contributed by atoms with E-state index in [1.807, 2.05) is 60.7 Å². The molecule has 0 N–H and O–H groups in total. The Morgan fingerprint density at radius 3 is 1.74 bits per heavy atom. The number of carbonyl (C=O) groups excluding carboxylic acids is 1. The molecular formula is C15H20ClF4NOS. The molecule has 8 heteroatoms. The minimum atomic E-state index is 0. The summed E-state index contributed by atoms with van der Waals surface area (Å²) >= 11 is 1.48. The summed E-state index contributed by atoms with van der Waals surface area (Å²) in [5.74, 6) is 0.0627. The average molecular weight is 374 g/mol. The molecule has 0 atom stereocenters. The van der Waals surface area contributed by atoms with Gasteiger partial charge < -0.3 is 0 Å². The first kappa shape index (κ1) is 29.3. The molecule has 23 heavy (non-hydrogen) atoms. The molecule has 1 amide bonds. The Kier molecular flexibility index (Phi) is 19.3. The predicted molar refractivity (Wildman–Crippen MR) is 92.2 cm³/mol. The van der Waals surface area contributed by atoms with Crippen LogP contribution >= 0.6 is 24.4 Å². The van der Waals surface area contributed by atoms with Gasteiger partial charge >= 0.3 is 0 Å². The SMILES string of the molecule is CC(=O)N(Cc1ccccc1)Sc1ccccc1.Cl.F.F.F.F. The van der Waals surface area contributed by atoms with Crippen molar-refractivity contribution in [3.8, 4) is 0 Å². The quantitative estimate of drug-likeness (QED) is 0.568. The Balaban J connectivity index is -0.000000361. The third kappa shape index (κ3) is 9.80. The number of rotatable bonds is 4. The number of hydrogen-bond donors (Lipinski definition) is 0. The Morgan fingerprint density at radius 2 is 1.30 bits per heavy atom. The van der Waals surface area contributed by atoms with E-state index in [9.17, 15) is 4.79 Å². The Morgan fingerprint density at radius 1 is 0.870 bits per heavy atom. The molecule has 132 valence electrons. The standard InChI is InChI=1S/C15H15NOS.ClH.4FH/c1-13(17)16(12-14-8-4-2-5-9-14)18-15-10-6-3-7-11-15;;;;;/h2-11H,12H2,1H3;5*1H. The number of amides is 1. The summed E-state index contributed by atoms with van der Waals surface area (Å²) in [6.07, 6.45) is 0. The monoisotopic (exact) mass is 373 g/mol. The molecule has 2 nitrogen and oxygen atoms in total. The van der Waals surface area contributed by atoms with E-state index in [4.69, 9.17) is 0 Å². The molecule has 0 fully saturated rings. The topological polar surface area (TPSA) is 20.3 Å². The highest BCUT2D eigenvalue weighted by Gasteiger charge is 2.11. The fraction of sp³-hybridized carbons (Fsp3) is 0.133. The average Bonchev–Trinajstić information content (AvgIpc) is 2.40. The highest BCUT2D eigenvalue weighted by atomic mass is 35.5. The van der Waals surface area contributed by atoms with Gasteiger partial charge in [-0.25, -0.2) is 0 Å². The molecule has 0 spiro atoms. The summed E-state index contributed by atoms with van der Waals surface area (Å²) in [4.78, 5) is 12.7. The molecular weight excluding hydrogens is 354 g/mol. The highest BCUT2D eigenvalue weighted by Crippen LogP contribution is 2.24. The molecule has 2 aromatic rings. The maximum absolute atomic E-state index is 11.7. The summed E-state index contributed by atoms with van der Waals surface area (Å²) in [7, 11) is 0. The molecule has 0 aliphatic carbocycles. The van der Waals surface area contributed by atoms with Gasteiger partial charge in [0.25, 0.3) is 0 Å². The summed E-state index contributed by atoms with van der Waals surface area (Å²) in [6.45, 7) is 2.22. The van der Waals surface area contributed by atoms with Crippen LogP contribution in [0.5, 0.6) is 0 Å². The molecule has 0 bridgehead atoms. The molecule has 0 aliphatic heterocycles. The maximum Gasteiger partial charge on any atom is 0.229 e. The van der Waals surface area contributed by atoms with Crippen molar-refractivity contribution in [2.45, 2.75) is 18.4 Å². The number of carbonyl (C=O) groups is 1. The predicted octanol–water partition coefficient (Wildman–Crippen LogP) is 4.77. The normalized spacial score (nSPS) is 7.87. The highest BCUT2D eigenvalue weighted by molar-refractivity contribution is 7.97. The van der Waals surface area contributed by atoms with Gasteiger partial charge in [0.15, 0.2) is 0 Å². The minimum Gasteiger partial charge on any atom is -0.278 e. The molecule has 0 aromatic heterocycles. The zero-order chi connectivity index (χ0) is 12.8. The van der Waals surface area contributed by atoms with Crippen molar-refractivity contribution in [3.05, 3.63) is 66.2 Å². The van der Waals surface area contributed by atoms with Crippen molar-refractivity contribution in [2.75, 3.05) is 0 Å². The third-order valence-corrected chi connectivity index (χ3v) is 3.57. The summed E-state index contributed by atoms with van der Waals surface area (Å²) in [5, 5.41) is 0. The summed E-state index contributed by atoms with van der Waals surface area (Å²) < 4.78 is 1.77. The van der Waals surface area contributed by atoms with Crippen molar-refractivity contribution < 1.29 is 23.6 Å². The lowest BCUT2D eigenvalue weighted by molar-refractivity contribution is -0.124. The first-order valence-electron chi connectivity index (χ1n) is 5.81. The van der Waals surface area contributed by atoms with Gasteiger partial charge in [-0.05, 0) is 29.6 Å². The molecule has 0 radical (unpaired) electrons. The second-order valence-corrected chi connectivity index (χ2v) is 5.04. The fourth-order valence-corrected chi connectivity index (χ4v) is 2.44. The minimum absolute atomic E-state index is 0. The van der Waals surface area contributed by atoms with E-state index >= 15 is 0 Å². The van der Waals surface area contributed by atoms with Crippen molar-refractivity contribution >= 4 is 30.3 Å². The second-order valence-electron chi connectivity index (χ2n) is 3.95. The fourth-order valence-electron chi connectivity index (χ4n) is 1.57. The van der Waals surface area contributed by atoms with Crippen LogP contribution in [0, 0.1) is 0 Å². The number of halogens is 5. The van der Waals surface area contributed by atoms with Crippen molar-refractivity contribution in [3.63, 3.8) is 0 Å².